The summed E-state index contributed by atoms with van der Waals surface area (Å²) in [7, 11) is -2.97. The summed E-state index contributed by atoms with van der Waals surface area (Å²) >= 11 is 6.03. The molecule has 0 saturated heterocycles. The van der Waals surface area contributed by atoms with Crippen molar-refractivity contribution < 1.29 is 17.8 Å². The molecule has 0 spiro atoms. The summed E-state index contributed by atoms with van der Waals surface area (Å²) in [5, 5.41) is 4.90. The zero-order valence-corrected chi connectivity index (χ0v) is 25.4. The molecule has 44 heavy (non-hydrogen) atoms. The minimum Gasteiger partial charge on any atom is -0.291 e. The van der Waals surface area contributed by atoms with Crippen LogP contribution >= 0.6 is 11.6 Å². The number of halogens is 3. The van der Waals surface area contributed by atoms with Gasteiger partial charge in [-0.1, -0.05) is 17.2 Å². The normalized spacial score (nSPS) is 22.5. The molecule has 3 aliphatic rings. The van der Waals surface area contributed by atoms with E-state index in [0.717, 1.165) is 29.7 Å². The van der Waals surface area contributed by atoms with Crippen molar-refractivity contribution in [2.24, 2.45) is 11.3 Å². The largest absolute Gasteiger partial charge is 0.291 e. The Labute approximate surface area is 259 Å². The van der Waals surface area contributed by atoms with Crippen LogP contribution in [0.4, 0.5) is 8.78 Å². The van der Waals surface area contributed by atoms with Crippen LogP contribution in [0.15, 0.2) is 77.6 Å². The molecule has 3 heterocycles. The molecule has 0 aliphatic heterocycles. The zero-order valence-electron chi connectivity index (χ0n) is 23.8. The number of Topliss-reactive ketones (excluding diaryl/α,β-unsaturated/α-hetero) is 1. The summed E-state index contributed by atoms with van der Waals surface area (Å²) in [5.74, 6) is 3.46. The number of hydrogen-bond acceptors (Lipinski definition) is 5. The molecule has 2 saturated carbocycles. The highest BCUT2D eigenvalue weighted by molar-refractivity contribution is 7.98. The Bertz CT molecular complexity index is 1890. The Hall–Kier alpha value is -3.73. The molecule has 7 nitrogen and oxygen atoms in total. The van der Waals surface area contributed by atoms with Gasteiger partial charge in [-0.15, -0.1) is 0 Å². The number of ketones is 1. The molecule has 1 aromatic carbocycles. The van der Waals surface area contributed by atoms with Crippen LogP contribution in [-0.2, 0) is 16.1 Å². The van der Waals surface area contributed by atoms with E-state index in [9.17, 15) is 17.8 Å². The number of aromatic nitrogens is 4. The maximum atomic E-state index is 14.5. The van der Waals surface area contributed by atoms with Crippen LogP contribution in [0.5, 0.6) is 0 Å². The van der Waals surface area contributed by atoms with Crippen LogP contribution in [0.3, 0.4) is 0 Å². The van der Waals surface area contributed by atoms with Crippen molar-refractivity contribution in [1.29, 1.82) is 0 Å². The van der Waals surface area contributed by atoms with Gasteiger partial charge in [0.2, 0.25) is 0 Å². The van der Waals surface area contributed by atoms with E-state index in [1.165, 1.54) is 36.7 Å². The van der Waals surface area contributed by atoms with Crippen LogP contribution in [0, 0.1) is 23.0 Å². The van der Waals surface area contributed by atoms with Crippen molar-refractivity contribution in [2.45, 2.75) is 49.5 Å². The predicted octanol–water partition coefficient (Wildman–Crippen LogP) is 6.36. The molecule has 3 aliphatic carbocycles. The quantitative estimate of drug-likeness (QED) is 0.128. The van der Waals surface area contributed by atoms with E-state index in [1.807, 2.05) is 10.4 Å². The van der Waals surface area contributed by atoms with Gasteiger partial charge in [0.05, 0.1) is 37.6 Å². The predicted molar refractivity (Wildman–Crippen MR) is 166 cm³/mol. The minimum atomic E-state index is -2.97. The molecule has 0 N–H and O–H groups in total. The van der Waals surface area contributed by atoms with Crippen molar-refractivity contribution in [1.82, 2.24) is 24.1 Å². The summed E-state index contributed by atoms with van der Waals surface area (Å²) in [6, 6.07) is 11.6. The highest BCUT2D eigenvalue weighted by Gasteiger charge is 2.51. The third-order valence-corrected chi connectivity index (χ3v) is 11.5. The molecule has 1 unspecified atom stereocenters. The van der Waals surface area contributed by atoms with Crippen molar-refractivity contribution in [3.8, 4) is 5.69 Å². The van der Waals surface area contributed by atoms with Gasteiger partial charge in [-0.25, -0.2) is 27.0 Å². The number of allylic oxidation sites excluding steroid dienone is 1. The second-order valence-corrected chi connectivity index (χ2v) is 14.6. The lowest BCUT2D eigenvalue weighted by molar-refractivity contribution is 0.0737. The van der Waals surface area contributed by atoms with E-state index < -0.39 is 20.9 Å². The SMILES string of the molecule is C=S(=O)(c1ccc(Cl)nc1)N(CC1CC1)[C@H]1CCC2=Cc3c(cnn3-c3ccc(F)cc3)C[C@]2(C(=O)c2cc(F)ccn2)C1. The molecule has 3 aromatic heterocycles. The molecule has 4 aromatic rings. The average Bonchev–Trinajstić information content (AvgIpc) is 3.76. The third kappa shape index (κ3) is 5.18. The number of hydrogen-bond donors (Lipinski definition) is 0. The summed E-state index contributed by atoms with van der Waals surface area (Å²) in [5.41, 5.74) is 2.27. The topological polar surface area (TPSA) is 81.0 Å². The molecule has 7 rings (SSSR count). The molecule has 0 amide bonds. The van der Waals surface area contributed by atoms with Crippen LogP contribution < -0.4 is 0 Å². The number of benzene rings is 1. The fourth-order valence-electron chi connectivity index (χ4n) is 6.64. The van der Waals surface area contributed by atoms with Crippen LogP contribution in [0.2, 0.25) is 5.15 Å². The highest BCUT2D eigenvalue weighted by Crippen LogP contribution is 2.52. The van der Waals surface area contributed by atoms with Crippen molar-refractivity contribution in [3.05, 3.63) is 106 Å². The van der Waals surface area contributed by atoms with E-state index in [-0.39, 0.29) is 23.3 Å². The number of nitrogens with zero attached hydrogens (tertiary/aromatic N) is 5. The van der Waals surface area contributed by atoms with E-state index in [2.05, 4.69) is 20.9 Å². The Kier molecular flexibility index (Phi) is 7.26. The van der Waals surface area contributed by atoms with E-state index >= 15 is 0 Å². The van der Waals surface area contributed by atoms with E-state index in [1.54, 1.807) is 35.1 Å². The molecular weight excluding hydrogens is 604 g/mol. The lowest BCUT2D eigenvalue weighted by Gasteiger charge is -2.47. The Morgan fingerprint density at radius 3 is 2.57 bits per heavy atom. The molecule has 2 fully saturated rings. The zero-order chi connectivity index (χ0) is 30.6. The lowest BCUT2D eigenvalue weighted by atomic mass is 9.60. The van der Waals surface area contributed by atoms with Crippen LogP contribution in [0.25, 0.3) is 11.8 Å². The number of carbonyl (C=O) groups excluding carboxylic acids is 1. The molecule has 11 heteroatoms. The lowest BCUT2D eigenvalue weighted by Crippen LogP contribution is -2.51. The first kappa shape index (κ1) is 29.0. The molecule has 0 radical (unpaired) electrons. The first-order valence-electron chi connectivity index (χ1n) is 14.6. The van der Waals surface area contributed by atoms with Gasteiger partial charge in [0.25, 0.3) is 0 Å². The second-order valence-electron chi connectivity index (χ2n) is 12.0. The summed E-state index contributed by atoms with van der Waals surface area (Å²) in [4.78, 5) is 23.4. The standard InChI is InChI=1S/C33H30ClF2N5O2S/c1-44(43,28-10-11-31(34)38-19-28)40(20-21-2-3-21)27-7-4-23-14-30-22(18-39-41(30)26-8-5-24(35)6-9-26)16-33(23,17-27)32(42)29-15-25(36)12-13-37-29/h5-6,8-15,18-19,21,27H,1-4,7,16-17,20H2/t27-,33-,44?/m0/s1. The van der Waals surface area contributed by atoms with Crippen molar-refractivity contribution >= 4 is 39.0 Å². The molecule has 0 bridgehead atoms. The number of carbonyl (C=O) groups is 1. The van der Waals surface area contributed by atoms with Gasteiger partial charge in [-0.2, -0.15) is 5.10 Å². The van der Waals surface area contributed by atoms with Gasteiger partial charge in [0.1, 0.15) is 22.5 Å². The number of fused-ring (bicyclic) bond motifs is 2. The third-order valence-electron chi connectivity index (χ3n) is 9.09. The first-order chi connectivity index (χ1) is 21.1. The van der Waals surface area contributed by atoms with Gasteiger partial charge in [-0.3, -0.25) is 9.78 Å². The molecular formula is C33H30ClF2N5O2S. The first-order valence-corrected chi connectivity index (χ1v) is 16.7. The number of rotatable bonds is 8. The van der Waals surface area contributed by atoms with Gasteiger partial charge in [0.15, 0.2) is 5.78 Å². The minimum absolute atomic E-state index is 0.0527. The maximum absolute atomic E-state index is 14.5. The average molecular weight is 634 g/mol. The fraction of sp³-hybridized carbons (Fsp3) is 0.303. The Morgan fingerprint density at radius 2 is 1.86 bits per heavy atom. The van der Waals surface area contributed by atoms with Gasteiger partial charge < -0.3 is 0 Å². The molecule has 226 valence electrons. The Balaban J connectivity index is 1.31. The maximum Gasteiger partial charge on any atom is 0.191 e. The van der Waals surface area contributed by atoms with Crippen molar-refractivity contribution in [3.63, 3.8) is 0 Å². The summed E-state index contributed by atoms with van der Waals surface area (Å²) in [6.07, 6.45) is 10.5. The van der Waals surface area contributed by atoms with Crippen LogP contribution in [-0.4, -0.2) is 52.5 Å². The van der Waals surface area contributed by atoms with Crippen LogP contribution in [0.1, 0.15) is 53.8 Å². The van der Waals surface area contributed by atoms with Gasteiger partial charge in [-0.05, 0) is 104 Å². The van der Waals surface area contributed by atoms with Gasteiger partial charge in [0, 0.05) is 31.0 Å². The van der Waals surface area contributed by atoms with Gasteiger partial charge >= 0.3 is 0 Å². The van der Waals surface area contributed by atoms with E-state index in [4.69, 9.17) is 11.6 Å². The number of pyridine rings is 2. The monoisotopic (exact) mass is 633 g/mol. The molecule has 3 atom stereocenters. The fourth-order valence-corrected chi connectivity index (χ4v) is 8.64. The Morgan fingerprint density at radius 1 is 1.07 bits per heavy atom. The van der Waals surface area contributed by atoms with Crippen molar-refractivity contribution in [2.75, 3.05) is 6.54 Å². The smallest absolute Gasteiger partial charge is 0.191 e. The second kappa shape index (κ2) is 11.0. The van der Waals surface area contributed by atoms with E-state index in [0.29, 0.717) is 53.9 Å². The summed E-state index contributed by atoms with van der Waals surface area (Å²) < 4.78 is 46.3. The summed E-state index contributed by atoms with van der Waals surface area (Å²) in [6.45, 7) is 0.588. The highest BCUT2D eigenvalue weighted by atomic mass is 35.5.